The molecule has 4 aromatic rings. The predicted molar refractivity (Wildman–Crippen MR) is 111 cm³/mol. The van der Waals surface area contributed by atoms with E-state index in [1.165, 1.54) is 18.4 Å². The normalized spacial score (nSPS) is 13.6. The third-order valence-electron chi connectivity index (χ3n) is 5.08. The van der Waals surface area contributed by atoms with Gasteiger partial charge in [-0.3, -0.25) is 4.57 Å². The number of benzene rings is 1. The Kier molecular flexibility index (Phi) is 5.16. The Hall–Kier alpha value is -2.51. The van der Waals surface area contributed by atoms with Crippen molar-refractivity contribution in [1.82, 2.24) is 19.9 Å². The number of nitrogens with zero attached hydrogens (tertiary/aromatic N) is 4. The third kappa shape index (κ3) is 3.84. The molecule has 6 nitrogen and oxygen atoms in total. The van der Waals surface area contributed by atoms with Gasteiger partial charge in [0.05, 0.1) is 18.5 Å². The molecule has 0 saturated carbocycles. The molecule has 0 aliphatic heterocycles. The number of halogens is 1. The first-order chi connectivity index (χ1) is 14.3. The average molecular weight is 427 g/mol. The van der Waals surface area contributed by atoms with Crippen LogP contribution in [0.3, 0.4) is 0 Å². The zero-order valence-corrected chi connectivity index (χ0v) is 17.2. The molecule has 0 N–H and O–H groups in total. The Balaban J connectivity index is 1.44. The van der Waals surface area contributed by atoms with Gasteiger partial charge < -0.3 is 8.94 Å². The van der Waals surface area contributed by atoms with Crippen LogP contribution in [0.5, 0.6) is 0 Å². The van der Waals surface area contributed by atoms with Crippen LogP contribution in [-0.4, -0.2) is 19.9 Å². The molecule has 8 heteroatoms. The van der Waals surface area contributed by atoms with E-state index in [1.807, 2.05) is 36.4 Å². The molecule has 0 radical (unpaired) electrons. The van der Waals surface area contributed by atoms with Crippen LogP contribution in [0.2, 0.25) is 5.02 Å². The summed E-state index contributed by atoms with van der Waals surface area (Å²) in [5.41, 5.74) is 3.25. The maximum absolute atomic E-state index is 6.05. The fourth-order valence-electron chi connectivity index (χ4n) is 3.60. The zero-order valence-electron chi connectivity index (χ0n) is 15.7. The van der Waals surface area contributed by atoms with Gasteiger partial charge in [0.25, 0.3) is 0 Å². The summed E-state index contributed by atoms with van der Waals surface area (Å²) in [5, 5.41) is 14.7. The van der Waals surface area contributed by atoms with Gasteiger partial charge in [0.1, 0.15) is 11.5 Å². The molecule has 0 unspecified atom stereocenters. The lowest BCUT2D eigenvalue weighted by Crippen LogP contribution is -2.04. The van der Waals surface area contributed by atoms with Gasteiger partial charge >= 0.3 is 0 Å². The lowest BCUT2D eigenvalue weighted by atomic mass is 9.97. The summed E-state index contributed by atoms with van der Waals surface area (Å²) >= 11 is 7.66. The molecule has 0 fully saturated rings. The quantitative estimate of drug-likeness (QED) is 0.384. The first-order valence-electron chi connectivity index (χ1n) is 9.58. The van der Waals surface area contributed by atoms with Crippen molar-refractivity contribution >= 4 is 23.4 Å². The van der Waals surface area contributed by atoms with E-state index in [-0.39, 0.29) is 0 Å². The molecule has 3 aromatic heterocycles. The van der Waals surface area contributed by atoms with Gasteiger partial charge in [0.2, 0.25) is 0 Å². The van der Waals surface area contributed by atoms with E-state index >= 15 is 0 Å². The maximum atomic E-state index is 6.05. The van der Waals surface area contributed by atoms with Crippen LogP contribution in [0.15, 0.2) is 56.8 Å². The second kappa shape index (κ2) is 8.08. The summed E-state index contributed by atoms with van der Waals surface area (Å²) < 4.78 is 13.2. The van der Waals surface area contributed by atoms with Crippen LogP contribution in [0, 0.1) is 0 Å². The van der Waals surface area contributed by atoms with Gasteiger partial charge in [-0.05, 0) is 55.7 Å². The first kappa shape index (κ1) is 18.5. The smallest absolute Gasteiger partial charge is 0.192 e. The van der Waals surface area contributed by atoms with Crippen molar-refractivity contribution in [2.45, 2.75) is 43.1 Å². The van der Waals surface area contributed by atoms with Crippen LogP contribution >= 0.6 is 23.4 Å². The molecule has 29 heavy (non-hydrogen) atoms. The fraction of sp³-hybridized carbons (Fsp3) is 0.286. The van der Waals surface area contributed by atoms with Crippen LogP contribution in [0.25, 0.3) is 11.4 Å². The van der Waals surface area contributed by atoms with Crippen molar-refractivity contribution in [1.29, 1.82) is 0 Å². The highest BCUT2D eigenvalue weighted by molar-refractivity contribution is 7.98. The molecule has 148 valence electrons. The SMILES string of the molecule is Clc1ccc(-c2nnc(SCc3noc4c3CCCC4)n2Cc2ccco2)cc1. The minimum Gasteiger partial charge on any atom is -0.467 e. The van der Waals surface area contributed by atoms with E-state index in [0.717, 1.165) is 46.6 Å². The van der Waals surface area contributed by atoms with Crippen LogP contribution < -0.4 is 0 Å². The number of fused-ring (bicyclic) bond motifs is 1. The minimum atomic E-state index is 0.553. The minimum absolute atomic E-state index is 0.553. The summed E-state index contributed by atoms with van der Waals surface area (Å²) in [5.74, 6) is 3.38. The Labute approximate surface area is 177 Å². The van der Waals surface area contributed by atoms with Crippen molar-refractivity contribution in [3.63, 3.8) is 0 Å². The van der Waals surface area contributed by atoms with E-state index < -0.39 is 0 Å². The van der Waals surface area contributed by atoms with Gasteiger partial charge in [-0.2, -0.15) is 0 Å². The summed E-state index contributed by atoms with van der Waals surface area (Å²) in [7, 11) is 0. The maximum Gasteiger partial charge on any atom is 0.192 e. The predicted octanol–water partition coefficient (Wildman–Crippen LogP) is 5.40. The van der Waals surface area contributed by atoms with E-state index in [0.29, 0.717) is 17.3 Å². The topological polar surface area (TPSA) is 69.9 Å². The molecule has 0 spiro atoms. The van der Waals surface area contributed by atoms with E-state index in [4.69, 9.17) is 20.5 Å². The van der Waals surface area contributed by atoms with Crippen molar-refractivity contribution in [2.24, 2.45) is 0 Å². The van der Waals surface area contributed by atoms with Gasteiger partial charge in [0.15, 0.2) is 11.0 Å². The highest BCUT2D eigenvalue weighted by atomic mass is 35.5. The standard InChI is InChI=1S/C21H19ClN4O2S/c22-15-9-7-14(8-10-15)20-23-24-21(26(20)12-16-4-3-11-27-16)29-13-18-17-5-1-2-6-19(17)28-25-18/h3-4,7-11H,1-2,5-6,12-13H2. The molecular weight excluding hydrogens is 408 g/mol. The number of thioether (sulfide) groups is 1. The van der Waals surface area contributed by atoms with Gasteiger partial charge in [0, 0.05) is 28.3 Å². The molecule has 5 rings (SSSR count). The molecule has 0 saturated heterocycles. The van der Waals surface area contributed by atoms with Gasteiger partial charge in [-0.1, -0.05) is 28.5 Å². The summed E-state index contributed by atoms with van der Waals surface area (Å²) in [6.45, 7) is 0.553. The van der Waals surface area contributed by atoms with Gasteiger partial charge in [-0.25, -0.2) is 0 Å². The Morgan fingerprint density at radius 1 is 1.07 bits per heavy atom. The fourth-order valence-corrected chi connectivity index (χ4v) is 4.63. The molecule has 3 heterocycles. The summed E-state index contributed by atoms with van der Waals surface area (Å²) in [6.07, 6.45) is 6.08. The number of aromatic nitrogens is 4. The monoisotopic (exact) mass is 426 g/mol. The zero-order chi connectivity index (χ0) is 19.6. The van der Waals surface area contributed by atoms with E-state index in [1.54, 1.807) is 18.0 Å². The molecule has 0 amide bonds. The number of hydrogen-bond acceptors (Lipinski definition) is 6. The molecule has 0 atom stereocenters. The first-order valence-corrected chi connectivity index (χ1v) is 10.9. The second-order valence-electron chi connectivity index (χ2n) is 7.01. The highest BCUT2D eigenvalue weighted by Crippen LogP contribution is 2.31. The van der Waals surface area contributed by atoms with E-state index in [2.05, 4.69) is 19.9 Å². The number of furan rings is 1. The third-order valence-corrected chi connectivity index (χ3v) is 6.31. The Morgan fingerprint density at radius 2 is 1.93 bits per heavy atom. The average Bonchev–Trinajstić information content (AvgIpc) is 3.48. The molecular formula is C21H19ClN4O2S. The Bertz CT molecular complexity index is 1100. The number of hydrogen-bond donors (Lipinski definition) is 0. The van der Waals surface area contributed by atoms with Crippen molar-refractivity contribution in [3.8, 4) is 11.4 Å². The van der Waals surface area contributed by atoms with Crippen molar-refractivity contribution in [3.05, 3.63) is 70.5 Å². The lowest BCUT2D eigenvalue weighted by Gasteiger charge is -2.10. The van der Waals surface area contributed by atoms with Crippen LogP contribution in [0.1, 0.15) is 35.6 Å². The lowest BCUT2D eigenvalue weighted by molar-refractivity contribution is 0.369. The summed E-state index contributed by atoms with van der Waals surface area (Å²) in [4.78, 5) is 0. The second-order valence-corrected chi connectivity index (χ2v) is 8.38. The number of aryl methyl sites for hydroxylation is 1. The molecule has 1 aromatic carbocycles. The van der Waals surface area contributed by atoms with E-state index in [9.17, 15) is 0 Å². The number of rotatable bonds is 6. The van der Waals surface area contributed by atoms with Crippen molar-refractivity contribution < 1.29 is 8.94 Å². The largest absolute Gasteiger partial charge is 0.467 e. The molecule has 1 aliphatic rings. The Morgan fingerprint density at radius 3 is 2.76 bits per heavy atom. The van der Waals surface area contributed by atoms with Crippen molar-refractivity contribution in [2.75, 3.05) is 0 Å². The molecule has 1 aliphatic carbocycles. The summed E-state index contributed by atoms with van der Waals surface area (Å²) in [6, 6.07) is 11.5. The van der Waals surface area contributed by atoms with Crippen LogP contribution in [0.4, 0.5) is 0 Å². The molecule has 0 bridgehead atoms. The highest BCUT2D eigenvalue weighted by Gasteiger charge is 2.21. The van der Waals surface area contributed by atoms with Crippen LogP contribution in [-0.2, 0) is 25.1 Å². The van der Waals surface area contributed by atoms with Gasteiger partial charge in [-0.15, -0.1) is 10.2 Å².